The number of piperazine rings is 1. The van der Waals surface area contributed by atoms with Crippen LogP contribution in [-0.4, -0.2) is 61.0 Å². The molecular formula is C15H22N4O2S. The van der Waals surface area contributed by atoms with Gasteiger partial charge in [-0.05, 0) is 24.4 Å². The molecule has 3 heterocycles. The fraction of sp³-hybridized carbons (Fsp3) is 0.600. The Bertz CT molecular complexity index is 556. The van der Waals surface area contributed by atoms with E-state index in [0.717, 1.165) is 56.4 Å². The number of hydrogen-bond acceptors (Lipinski definition) is 7. The average molecular weight is 322 g/mol. The van der Waals surface area contributed by atoms with Crippen LogP contribution in [-0.2, 0) is 11.2 Å². The number of nitrogens with one attached hydrogen (secondary N) is 1. The van der Waals surface area contributed by atoms with Gasteiger partial charge in [-0.1, -0.05) is 11.2 Å². The van der Waals surface area contributed by atoms with E-state index in [1.165, 1.54) is 0 Å². The minimum atomic E-state index is 0.461. The van der Waals surface area contributed by atoms with Crippen LogP contribution in [0.5, 0.6) is 0 Å². The van der Waals surface area contributed by atoms with E-state index in [1.807, 2.05) is 17.5 Å². The average Bonchev–Trinajstić information content (AvgIpc) is 3.20. The number of methoxy groups -OCH3 is 1. The lowest BCUT2D eigenvalue weighted by Gasteiger charge is -2.35. The first-order chi connectivity index (χ1) is 10.9. The molecule has 0 bridgehead atoms. The smallest absolute Gasteiger partial charge is 0.227 e. The van der Waals surface area contributed by atoms with Crippen molar-refractivity contribution in [1.29, 1.82) is 0 Å². The molecule has 1 fully saturated rings. The van der Waals surface area contributed by atoms with E-state index in [-0.39, 0.29) is 0 Å². The number of ether oxygens (including phenoxy) is 1. The van der Waals surface area contributed by atoms with Crippen molar-refractivity contribution < 1.29 is 9.26 Å². The third kappa shape index (κ3) is 3.92. The van der Waals surface area contributed by atoms with Gasteiger partial charge < -0.3 is 14.6 Å². The standard InChI is InChI=1S/C15H22N4O2S/c1-20-11-12-10-16-6-8-19(12)7-2-5-14-17-15(18-21-14)13-4-3-9-22-13/h3-4,9,12,16H,2,5-8,10-11H2,1H3. The summed E-state index contributed by atoms with van der Waals surface area (Å²) in [4.78, 5) is 8.00. The molecule has 22 heavy (non-hydrogen) atoms. The van der Waals surface area contributed by atoms with E-state index in [9.17, 15) is 0 Å². The number of rotatable bonds is 7. The number of thiophene rings is 1. The number of nitrogens with zero attached hydrogens (tertiary/aromatic N) is 3. The van der Waals surface area contributed by atoms with Crippen molar-refractivity contribution in [3.63, 3.8) is 0 Å². The molecule has 1 N–H and O–H groups in total. The van der Waals surface area contributed by atoms with Crippen LogP contribution in [0.15, 0.2) is 22.0 Å². The van der Waals surface area contributed by atoms with Gasteiger partial charge in [-0.3, -0.25) is 4.90 Å². The zero-order chi connectivity index (χ0) is 15.2. The number of aromatic nitrogens is 2. The summed E-state index contributed by atoms with van der Waals surface area (Å²) in [5.41, 5.74) is 0. The lowest BCUT2D eigenvalue weighted by Crippen LogP contribution is -2.53. The summed E-state index contributed by atoms with van der Waals surface area (Å²) in [7, 11) is 1.76. The molecule has 6 nitrogen and oxygen atoms in total. The third-order valence-electron chi connectivity index (χ3n) is 3.88. The molecule has 0 saturated carbocycles. The molecule has 2 aromatic heterocycles. The van der Waals surface area contributed by atoms with Crippen molar-refractivity contribution in [2.24, 2.45) is 0 Å². The minimum absolute atomic E-state index is 0.461. The van der Waals surface area contributed by atoms with Gasteiger partial charge in [-0.2, -0.15) is 4.98 Å². The van der Waals surface area contributed by atoms with Crippen LogP contribution in [0.2, 0.25) is 0 Å². The number of hydrogen-bond donors (Lipinski definition) is 1. The highest BCUT2D eigenvalue weighted by atomic mass is 32.1. The van der Waals surface area contributed by atoms with Gasteiger partial charge in [0.25, 0.3) is 0 Å². The molecule has 0 aliphatic carbocycles. The van der Waals surface area contributed by atoms with Crippen molar-refractivity contribution in [1.82, 2.24) is 20.4 Å². The highest BCUT2D eigenvalue weighted by molar-refractivity contribution is 7.13. The molecule has 120 valence electrons. The summed E-state index contributed by atoms with van der Waals surface area (Å²) in [6.07, 6.45) is 1.84. The monoisotopic (exact) mass is 322 g/mol. The van der Waals surface area contributed by atoms with Crippen molar-refractivity contribution >= 4 is 11.3 Å². The summed E-state index contributed by atoms with van der Waals surface area (Å²) in [6.45, 7) is 4.92. The molecule has 1 atom stereocenters. The highest BCUT2D eigenvalue weighted by Gasteiger charge is 2.21. The Kier molecular flexibility index (Phi) is 5.55. The van der Waals surface area contributed by atoms with Crippen LogP contribution >= 0.6 is 11.3 Å². The molecule has 0 spiro atoms. The van der Waals surface area contributed by atoms with E-state index in [1.54, 1.807) is 18.4 Å². The van der Waals surface area contributed by atoms with Crippen molar-refractivity contribution in [3.8, 4) is 10.7 Å². The molecule has 7 heteroatoms. The molecule has 3 rings (SSSR count). The second kappa shape index (κ2) is 7.82. The van der Waals surface area contributed by atoms with Gasteiger partial charge in [0.05, 0.1) is 11.5 Å². The maximum Gasteiger partial charge on any atom is 0.227 e. The Morgan fingerprint density at radius 2 is 2.50 bits per heavy atom. The van der Waals surface area contributed by atoms with Gasteiger partial charge in [-0.15, -0.1) is 11.3 Å². The van der Waals surface area contributed by atoms with Crippen LogP contribution in [0.4, 0.5) is 0 Å². The van der Waals surface area contributed by atoms with Crippen LogP contribution in [0.3, 0.4) is 0 Å². The maximum absolute atomic E-state index is 5.34. The highest BCUT2D eigenvalue weighted by Crippen LogP contribution is 2.21. The lowest BCUT2D eigenvalue weighted by molar-refractivity contribution is 0.0725. The Hall–Kier alpha value is -1.28. The predicted octanol–water partition coefficient (Wildman–Crippen LogP) is 1.65. The first-order valence-corrected chi connectivity index (χ1v) is 8.55. The molecule has 2 aromatic rings. The summed E-state index contributed by atoms with van der Waals surface area (Å²) >= 11 is 1.63. The van der Waals surface area contributed by atoms with Gasteiger partial charge in [-0.25, -0.2) is 0 Å². The summed E-state index contributed by atoms with van der Waals surface area (Å²) in [5.74, 6) is 1.42. The predicted molar refractivity (Wildman–Crippen MR) is 86.0 cm³/mol. The summed E-state index contributed by atoms with van der Waals surface area (Å²) < 4.78 is 10.6. The van der Waals surface area contributed by atoms with Crippen molar-refractivity contribution in [3.05, 3.63) is 23.4 Å². The van der Waals surface area contributed by atoms with Gasteiger partial charge in [0.2, 0.25) is 11.7 Å². The van der Waals surface area contributed by atoms with Crippen LogP contribution in [0.25, 0.3) is 10.7 Å². The SMILES string of the molecule is COCC1CNCCN1CCCc1nc(-c2cccs2)no1. The van der Waals surface area contributed by atoms with Crippen LogP contribution in [0, 0.1) is 0 Å². The summed E-state index contributed by atoms with van der Waals surface area (Å²) in [6, 6.07) is 4.47. The Balaban J connectivity index is 1.48. The molecule has 1 aliphatic rings. The fourth-order valence-electron chi connectivity index (χ4n) is 2.75. The molecule has 1 aliphatic heterocycles. The quantitative estimate of drug-likeness (QED) is 0.836. The fourth-order valence-corrected chi connectivity index (χ4v) is 3.40. The summed E-state index contributed by atoms with van der Waals surface area (Å²) in [5, 5.41) is 9.48. The molecule has 1 unspecified atom stereocenters. The van der Waals surface area contributed by atoms with Crippen LogP contribution < -0.4 is 5.32 Å². The number of aryl methyl sites for hydroxylation is 1. The Morgan fingerprint density at radius 1 is 1.55 bits per heavy atom. The van der Waals surface area contributed by atoms with E-state index in [2.05, 4.69) is 20.4 Å². The van der Waals surface area contributed by atoms with E-state index >= 15 is 0 Å². The van der Waals surface area contributed by atoms with E-state index in [0.29, 0.717) is 11.9 Å². The second-order valence-electron chi connectivity index (χ2n) is 5.44. The van der Waals surface area contributed by atoms with Gasteiger partial charge >= 0.3 is 0 Å². The van der Waals surface area contributed by atoms with Crippen molar-refractivity contribution in [2.75, 3.05) is 39.9 Å². The first-order valence-electron chi connectivity index (χ1n) is 7.67. The van der Waals surface area contributed by atoms with Gasteiger partial charge in [0.15, 0.2) is 0 Å². The first kappa shape index (κ1) is 15.6. The Labute approximate surface area is 134 Å². The second-order valence-corrected chi connectivity index (χ2v) is 6.39. The van der Waals surface area contributed by atoms with Gasteiger partial charge in [0, 0.05) is 39.2 Å². The topological polar surface area (TPSA) is 63.4 Å². The lowest BCUT2D eigenvalue weighted by atomic mass is 10.2. The third-order valence-corrected chi connectivity index (χ3v) is 4.74. The minimum Gasteiger partial charge on any atom is -0.383 e. The molecule has 1 saturated heterocycles. The normalized spacial score (nSPS) is 19.6. The zero-order valence-corrected chi connectivity index (χ0v) is 13.6. The van der Waals surface area contributed by atoms with Crippen LogP contribution in [0.1, 0.15) is 12.3 Å². The zero-order valence-electron chi connectivity index (χ0n) is 12.8. The van der Waals surface area contributed by atoms with E-state index in [4.69, 9.17) is 9.26 Å². The van der Waals surface area contributed by atoms with Crippen molar-refractivity contribution in [2.45, 2.75) is 18.9 Å². The molecule has 0 amide bonds. The largest absolute Gasteiger partial charge is 0.383 e. The van der Waals surface area contributed by atoms with E-state index < -0.39 is 0 Å². The maximum atomic E-state index is 5.34. The molecule has 0 radical (unpaired) electrons. The Morgan fingerprint density at radius 3 is 3.32 bits per heavy atom. The van der Waals surface area contributed by atoms with Gasteiger partial charge in [0.1, 0.15) is 0 Å². The molecule has 0 aromatic carbocycles. The molecular weight excluding hydrogens is 300 g/mol.